The van der Waals surface area contributed by atoms with E-state index in [2.05, 4.69) is 40.2 Å². The van der Waals surface area contributed by atoms with E-state index in [-0.39, 0.29) is 12.1 Å². The zero-order chi connectivity index (χ0) is 18.8. The van der Waals surface area contributed by atoms with Crippen molar-refractivity contribution in [1.29, 1.82) is 0 Å². The van der Waals surface area contributed by atoms with Crippen LogP contribution >= 0.6 is 0 Å². The summed E-state index contributed by atoms with van der Waals surface area (Å²) in [6, 6.07) is 9.37. The van der Waals surface area contributed by atoms with Gasteiger partial charge >= 0.3 is 0 Å². The smallest absolute Gasteiger partial charge is 0.222 e. The first-order valence-electron chi connectivity index (χ1n) is 10.2. The number of benzene rings is 1. The predicted octanol–water partition coefficient (Wildman–Crippen LogP) is 2.16. The molecule has 3 aliphatic rings. The van der Waals surface area contributed by atoms with Crippen molar-refractivity contribution in [2.24, 2.45) is 0 Å². The molecule has 3 heterocycles. The van der Waals surface area contributed by atoms with Gasteiger partial charge in [-0.05, 0) is 43.9 Å². The minimum atomic E-state index is 0.102. The monoisotopic (exact) mass is 373 g/mol. The van der Waals surface area contributed by atoms with Crippen molar-refractivity contribution in [3.05, 3.63) is 29.8 Å². The van der Waals surface area contributed by atoms with E-state index < -0.39 is 0 Å². The SMILES string of the molecule is COc1cccc(C2CCCN2C2CC(N3CCOC[C@H]3C)CC(=O)N2)c1. The number of ether oxygens (including phenoxy) is 2. The van der Waals surface area contributed by atoms with Crippen LogP contribution < -0.4 is 10.1 Å². The topological polar surface area (TPSA) is 54.0 Å². The molecule has 27 heavy (non-hydrogen) atoms. The Balaban J connectivity index is 1.51. The molecule has 148 valence electrons. The van der Waals surface area contributed by atoms with Crippen LogP contribution in [0.5, 0.6) is 5.75 Å². The molecular formula is C21H31N3O3. The number of carbonyl (C=O) groups is 1. The van der Waals surface area contributed by atoms with Crippen LogP contribution in [-0.4, -0.2) is 67.4 Å². The summed E-state index contributed by atoms with van der Waals surface area (Å²) in [6.07, 6.45) is 3.96. The van der Waals surface area contributed by atoms with Crippen LogP contribution in [0.15, 0.2) is 24.3 Å². The van der Waals surface area contributed by atoms with Crippen molar-refractivity contribution >= 4 is 5.91 Å². The van der Waals surface area contributed by atoms with E-state index in [1.807, 2.05) is 6.07 Å². The van der Waals surface area contributed by atoms with E-state index >= 15 is 0 Å². The van der Waals surface area contributed by atoms with E-state index in [1.165, 1.54) is 5.56 Å². The molecule has 6 nitrogen and oxygen atoms in total. The van der Waals surface area contributed by atoms with Crippen LogP contribution in [0.2, 0.25) is 0 Å². The molecule has 1 aromatic carbocycles. The second-order valence-corrected chi connectivity index (χ2v) is 8.01. The minimum Gasteiger partial charge on any atom is -0.497 e. The van der Waals surface area contributed by atoms with Gasteiger partial charge in [-0.25, -0.2) is 0 Å². The highest BCUT2D eigenvalue weighted by molar-refractivity contribution is 5.77. The Bertz CT molecular complexity index is 668. The summed E-state index contributed by atoms with van der Waals surface area (Å²) < 4.78 is 11.0. The van der Waals surface area contributed by atoms with Crippen molar-refractivity contribution in [1.82, 2.24) is 15.1 Å². The number of nitrogens with zero attached hydrogens (tertiary/aromatic N) is 2. The quantitative estimate of drug-likeness (QED) is 0.877. The van der Waals surface area contributed by atoms with E-state index in [4.69, 9.17) is 9.47 Å². The van der Waals surface area contributed by atoms with Gasteiger partial charge in [-0.3, -0.25) is 14.6 Å². The number of likely N-dealkylation sites (tertiary alicyclic amines) is 1. The molecule has 3 saturated heterocycles. The molecule has 0 aromatic heterocycles. The Morgan fingerprint density at radius 2 is 2.15 bits per heavy atom. The Morgan fingerprint density at radius 3 is 2.96 bits per heavy atom. The molecule has 3 fully saturated rings. The molecule has 1 amide bonds. The first-order valence-corrected chi connectivity index (χ1v) is 10.2. The molecular weight excluding hydrogens is 342 g/mol. The zero-order valence-electron chi connectivity index (χ0n) is 16.4. The third-order valence-corrected chi connectivity index (χ3v) is 6.31. The second-order valence-electron chi connectivity index (χ2n) is 8.01. The van der Waals surface area contributed by atoms with Gasteiger partial charge in [0.05, 0.1) is 26.5 Å². The second kappa shape index (κ2) is 8.17. The van der Waals surface area contributed by atoms with Crippen LogP contribution in [0.3, 0.4) is 0 Å². The van der Waals surface area contributed by atoms with E-state index in [9.17, 15) is 4.79 Å². The number of carbonyl (C=O) groups excluding carboxylic acids is 1. The van der Waals surface area contributed by atoms with Crippen LogP contribution in [0.4, 0.5) is 0 Å². The summed E-state index contributed by atoms with van der Waals surface area (Å²) in [4.78, 5) is 17.5. The fourth-order valence-corrected chi connectivity index (χ4v) is 4.98. The van der Waals surface area contributed by atoms with Crippen LogP contribution in [-0.2, 0) is 9.53 Å². The first-order chi connectivity index (χ1) is 13.2. The first kappa shape index (κ1) is 18.7. The molecule has 0 bridgehead atoms. The summed E-state index contributed by atoms with van der Waals surface area (Å²) in [7, 11) is 1.71. The Morgan fingerprint density at radius 1 is 1.26 bits per heavy atom. The fraction of sp³-hybridized carbons (Fsp3) is 0.667. The van der Waals surface area contributed by atoms with Crippen LogP contribution in [0, 0.1) is 0 Å². The van der Waals surface area contributed by atoms with Gasteiger partial charge < -0.3 is 14.8 Å². The van der Waals surface area contributed by atoms with E-state index in [0.29, 0.717) is 24.5 Å². The third-order valence-electron chi connectivity index (χ3n) is 6.31. The van der Waals surface area contributed by atoms with Gasteiger partial charge in [-0.1, -0.05) is 12.1 Å². The number of amides is 1. The largest absolute Gasteiger partial charge is 0.497 e. The predicted molar refractivity (Wildman–Crippen MR) is 104 cm³/mol. The van der Waals surface area contributed by atoms with Crippen molar-refractivity contribution in [2.75, 3.05) is 33.4 Å². The molecule has 3 aliphatic heterocycles. The number of piperidine rings is 1. The molecule has 0 saturated carbocycles. The maximum absolute atomic E-state index is 12.5. The van der Waals surface area contributed by atoms with Gasteiger partial charge in [0.2, 0.25) is 5.91 Å². The maximum Gasteiger partial charge on any atom is 0.222 e. The van der Waals surface area contributed by atoms with Crippen molar-refractivity contribution in [3.63, 3.8) is 0 Å². The van der Waals surface area contributed by atoms with Gasteiger partial charge in [-0.2, -0.15) is 0 Å². The van der Waals surface area contributed by atoms with Crippen molar-refractivity contribution in [2.45, 2.75) is 56.9 Å². The lowest BCUT2D eigenvalue weighted by Gasteiger charge is -2.45. The van der Waals surface area contributed by atoms with Crippen LogP contribution in [0.25, 0.3) is 0 Å². The fourth-order valence-electron chi connectivity index (χ4n) is 4.98. The average molecular weight is 373 g/mol. The number of methoxy groups -OCH3 is 1. The Labute approximate surface area is 161 Å². The lowest BCUT2D eigenvalue weighted by Crippen LogP contribution is -2.59. The zero-order valence-corrected chi connectivity index (χ0v) is 16.4. The number of nitrogens with one attached hydrogen (secondary N) is 1. The summed E-state index contributed by atoms with van der Waals surface area (Å²) >= 11 is 0. The molecule has 0 spiro atoms. The van der Waals surface area contributed by atoms with E-state index in [0.717, 1.165) is 51.3 Å². The molecule has 3 unspecified atom stereocenters. The molecule has 1 N–H and O–H groups in total. The highest BCUT2D eigenvalue weighted by Crippen LogP contribution is 2.36. The van der Waals surface area contributed by atoms with Crippen molar-refractivity contribution in [3.8, 4) is 5.75 Å². The summed E-state index contributed by atoms with van der Waals surface area (Å²) in [6.45, 7) is 5.68. The van der Waals surface area contributed by atoms with E-state index in [1.54, 1.807) is 7.11 Å². The molecule has 6 heteroatoms. The molecule has 0 aliphatic carbocycles. The lowest BCUT2D eigenvalue weighted by atomic mass is 9.97. The Hall–Kier alpha value is -1.63. The van der Waals surface area contributed by atoms with Gasteiger partial charge in [0.25, 0.3) is 0 Å². The lowest BCUT2D eigenvalue weighted by molar-refractivity contribution is -0.130. The summed E-state index contributed by atoms with van der Waals surface area (Å²) in [5, 5.41) is 3.27. The maximum atomic E-state index is 12.5. The molecule has 4 atom stereocenters. The molecule has 4 rings (SSSR count). The van der Waals surface area contributed by atoms with Gasteiger partial charge in [0, 0.05) is 37.6 Å². The summed E-state index contributed by atoms with van der Waals surface area (Å²) in [5.41, 5.74) is 1.28. The number of morpholine rings is 1. The highest BCUT2D eigenvalue weighted by atomic mass is 16.5. The van der Waals surface area contributed by atoms with Gasteiger partial charge in [0.1, 0.15) is 5.75 Å². The summed E-state index contributed by atoms with van der Waals surface area (Å²) in [5.74, 6) is 1.07. The average Bonchev–Trinajstić information content (AvgIpc) is 3.18. The van der Waals surface area contributed by atoms with Crippen LogP contribution in [0.1, 0.15) is 44.2 Å². The molecule has 1 aromatic rings. The molecule has 0 radical (unpaired) electrons. The standard InChI is InChI=1S/C21H31N3O3/c1-15-14-27-10-9-23(15)17-12-20(22-21(25)13-17)24-8-4-7-19(24)16-5-3-6-18(11-16)26-2/h3,5-6,11,15,17,19-20H,4,7-10,12-14H2,1-2H3,(H,22,25)/t15-,17?,19?,20?/m1/s1. The third kappa shape index (κ3) is 3.98. The Kier molecular flexibility index (Phi) is 5.66. The number of hydrogen-bond donors (Lipinski definition) is 1. The number of rotatable bonds is 4. The number of hydrogen-bond acceptors (Lipinski definition) is 5. The van der Waals surface area contributed by atoms with Gasteiger partial charge in [-0.15, -0.1) is 0 Å². The normalized spacial score (nSPS) is 33.0. The van der Waals surface area contributed by atoms with Gasteiger partial charge in [0.15, 0.2) is 0 Å². The van der Waals surface area contributed by atoms with Crippen molar-refractivity contribution < 1.29 is 14.3 Å². The highest BCUT2D eigenvalue weighted by Gasteiger charge is 2.39. The minimum absolute atomic E-state index is 0.102.